The van der Waals surface area contributed by atoms with Gasteiger partial charge in [0.2, 0.25) is 0 Å². The molecule has 1 aliphatic heterocycles. The number of benzene rings is 1. The Bertz CT molecular complexity index is 784. The number of nitrogens with one attached hydrogen (secondary N) is 1. The van der Waals surface area contributed by atoms with Crippen molar-refractivity contribution in [2.24, 2.45) is 0 Å². The Kier molecular flexibility index (Phi) is 3.76. The maximum absolute atomic E-state index is 14.2. The number of hydrogen-bond donors (Lipinski definition) is 2. The normalized spacial score (nSPS) is 19.0. The second kappa shape index (κ2) is 5.56. The van der Waals surface area contributed by atoms with Gasteiger partial charge in [-0.1, -0.05) is 0 Å². The van der Waals surface area contributed by atoms with Gasteiger partial charge in [0, 0.05) is 11.6 Å². The highest BCUT2D eigenvalue weighted by Gasteiger charge is 2.29. The van der Waals surface area contributed by atoms with Crippen molar-refractivity contribution in [2.75, 3.05) is 12.4 Å². The molecule has 1 aliphatic rings. The fraction of sp³-hybridized carbons (Fsp3) is 0.143. The van der Waals surface area contributed by atoms with Crippen molar-refractivity contribution >= 4 is 41.2 Å². The average Bonchev–Trinajstić information content (AvgIpc) is 2.76. The van der Waals surface area contributed by atoms with Crippen LogP contribution in [0.25, 0.3) is 10.9 Å². The molecule has 0 radical (unpaired) electrons. The van der Waals surface area contributed by atoms with Crippen molar-refractivity contribution in [3.8, 4) is 6.07 Å². The number of thiol groups is 1. The van der Waals surface area contributed by atoms with Gasteiger partial charge < -0.3 is 5.32 Å². The van der Waals surface area contributed by atoms with Gasteiger partial charge in [0.25, 0.3) is 0 Å². The van der Waals surface area contributed by atoms with E-state index in [0.717, 1.165) is 0 Å². The predicted octanol–water partition coefficient (Wildman–Crippen LogP) is 3.37. The molecule has 1 atom stereocenters. The predicted molar refractivity (Wildman–Crippen MR) is 86.1 cm³/mol. The van der Waals surface area contributed by atoms with E-state index in [9.17, 15) is 9.65 Å². The van der Waals surface area contributed by atoms with Crippen LogP contribution in [-0.4, -0.2) is 21.7 Å². The van der Waals surface area contributed by atoms with Crippen LogP contribution in [0.4, 0.5) is 10.1 Å². The monoisotopic (exact) mass is 318 g/mol. The van der Waals surface area contributed by atoms with Crippen molar-refractivity contribution in [3.63, 3.8) is 0 Å². The van der Waals surface area contributed by atoms with E-state index in [1.807, 2.05) is 11.4 Å². The second-order valence-electron chi connectivity index (χ2n) is 4.48. The number of aromatic nitrogens is 1. The molecule has 1 aromatic heterocycles. The van der Waals surface area contributed by atoms with Crippen LogP contribution >= 0.6 is 24.6 Å². The first-order valence-electron chi connectivity index (χ1n) is 6.15. The summed E-state index contributed by atoms with van der Waals surface area (Å²) in [7, 11) is 1.83. The van der Waals surface area contributed by atoms with E-state index in [2.05, 4.69) is 29.0 Å². The molecule has 1 N–H and O–H groups in total. The second-order valence-corrected chi connectivity index (χ2v) is 6.14. The molecule has 0 aliphatic carbocycles. The highest BCUT2D eigenvalue weighted by atomic mass is 32.2. The summed E-state index contributed by atoms with van der Waals surface area (Å²) in [5.74, 6) is -0.383. The van der Waals surface area contributed by atoms with E-state index in [0.29, 0.717) is 27.2 Å². The molecule has 0 saturated heterocycles. The van der Waals surface area contributed by atoms with Crippen LogP contribution in [0, 0.1) is 17.1 Å². The Hall–Kier alpha value is -1.75. The molecule has 21 heavy (non-hydrogen) atoms. The molecular weight excluding hydrogens is 307 g/mol. The zero-order valence-electron chi connectivity index (χ0n) is 11.0. The summed E-state index contributed by atoms with van der Waals surface area (Å²) in [6.45, 7) is 0. The Balaban J connectivity index is 2.09. The van der Waals surface area contributed by atoms with E-state index in [1.54, 1.807) is 24.4 Å². The van der Waals surface area contributed by atoms with Crippen molar-refractivity contribution in [2.45, 2.75) is 5.37 Å². The maximum Gasteiger partial charge on any atom is 0.147 e. The van der Waals surface area contributed by atoms with E-state index in [-0.39, 0.29) is 11.2 Å². The zero-order valence-corrected chi connectivity index (χ0v) is 12.8. The van der Waals surface area contributed by atoms with Crippen molar-refractivity contribution in [1.29, 1.82) is 5.26 Å². The standard InChI is InChI=1S/C14H11FN4S2/c1-19-14(20)9(7-16)13(21-19)18-12-8-3-2-6-17-11(8)5-4-10(12)15/h2-6,14,18,20H,1H3. The minimum Gasteiger partial charge on any atom is -0.345 e. The van der Waals surface area contributed by atoms with Gasteiger partial charge in [-0.05, 0) is 43.3 Å². The number of rotatable bonds is 2. The van der Waals surface area contributed by atoms with E-state index in [1.165, 1.54) is 18.0 Å². The molecule has 7 heteroatoms. The third-order valence-corrected chi connectivity index (χ3v) is 4.94. The Morgan fingerprint density at radius 3 is 3.05 bits per heavy atom. The SMILES string of the molecule is CN1SC(Nc2c(F)ccc3ncccc23)=C(C#N)C1S. The average molecular weight is 318 g/mol. The van der Waals surface area contributed by atoms with Crippen LogP contribution in [0.1, 0.15) is 0 Å². The molecule has 1 aromatic carbocycles. The topological polar surface area (TPSA) is 52.0 Å². The Morgan fingerprint density at radius 2 is 2.29 bits per heavy atom. The van der Waals surface area contributed by atoms with Gasteiger partial charge >= 0.3 is 0 Å². The van der Waals surface area contributed by atoms with E-state index < -0.39 is 0 Å². The van der Waals surface area contributed by atoms with Crippen LogP contribution in [-0.2, 0) is 0 Å². The molecule has 0 amide bonds. The first-order valence-corrected chi connectivity index (χ1v) is 7.44. The first-order chi connectivity index (χ1) is 10.1. The van der Waals surface area contributed by atoms with Crippen LogP contribution in [0.15, 0.2) is 41.1 Å². The molecule has 4 nitrogen and oxygen atoms in total. The first kappa shape index (κ1) is 14.2. The Morgan fingerprint density at radius 1 is 1.48 bits per heavy atom. The molecule has 106 valence electrons. The molecule has 0 bridgehead atoms. The molecule has 2 aromatic rings. The van der Waals surface area contributed by atoms with Gasteiger partial charge in [-0.25, -0.2) is 8.70 Å². The molecular formula is C14H11FN4S2. The van der Waals surface area contributed by atoms with Gasteiger partial charge in [0.1, 0.15) is 22.3 Å². The van der Waals surface area contributed by atoms with Crippen molar-refractivity contribution < 1.29 is 4.39 Å². The summed E-state index contributed by atoms with van der Waals surface area (Å²) >= 11 is 5.70. The third kappa shape index (κ3) is 2.46. The highest BCUT2D eigenvalue weighted by Crippen LogP contribution is 2.39. The van der Waals surface area contributed by atoms with Crippen molar-refractivity contribution in [1.82, 2.24) is 9.29 Å². The number of pyridine rings is 1. The lowest BCUT2D eigenvalue weighted by Crippen LogP contribution is -2.15. The number of halogens is 1. The number of hydrogen-bond acceptors (Lipinski definition) is 6. The van der Waals surface area contributed by atoms with Gasteiger partial charge in [0.05, 0.1) is 16.8 Å². The van der Waals surface area contributed by atoms with Gasteiger partial charge in [-0.15, -0.1) is 0 Å². The lowest BCUT2D eigenvalue weighted by Gasteiger charge is -2.13. The van der Waals surface area contributed by atoms with E-state index >= 15 is 0 Å². The fourth-order valence-electron chi connectivity index (χ4n) is 2.11. The Labute approximate surface area is 131 Å². The minimum absolute atomic E-state index is 0.307. The lowest BCUT2D eigenvalue weighted by atomic mass is 10.1. The van der Waals surface area contributed by atoms with Crippen LogP contribution in [0.2, 0.25) is 0 Å². The van der Waals surface area contributed by atoms with Crippen LogP contribution in [0.5, 0.6) is 0 Å². The summed E-state index contributed by atoms with van der Waals surface area (Å²) in [6, 6.07) is 8.66. The number of nitrogens with zero attached hydrogens (tertiary/aromatic N) is 3. The lowest BCUT2D eigenvalue weighted by molar-refractivity contribution is 0.604. The number of anilines is 1. The minimum atomic E-state index is -0.383. The molecule has 0 saturated carbocycles. The fourth-order valence-corrected chi connectivity index (χ4v) is 3.42. The summed E-state index contributed by atoms with van der Waals surface area (Å²) in [6.07, 6.45) is 1.66. The maximum atomic E-state index is 14.2. The zero-order chi connectivity index (χ0) is 15.0. The number of fused-ring (bicyclic) bond motifs is 1. The molecule has 3 rings (SSSR count). The number of likely N-dealkylation sites (N-methyl/N-ethyl adjacent to an activating group) is 1. The summed E-state index contributed by atoms with van der Waals surface area (Å²) in [5, 5.41) is 13.2. The summed E-state index contributed by atoms with van der Waals surface area (Å²) in [5.41, 5.74) is 1.50. The summed E-state index contributed by atoms with van der Waals surface area (Å²) < 4.78 is 16.0. The largest absolute Gasteiger partial charge is 0.345 e. The highest BCUT2D eigenvalue weighted by molar-refractivity contribution is 8.02. The van der Waals surface area contributed by atoms with Crippen molar-refractivity contribution in [3.05, 3.63) is 46.9 Å². The smallest absolute Gasteiger partial charge is 0.147 e. The quantitative estimate of drug-likeness (QED) is 0.657. The van der Waals surface area contributed by atoms with E-state index in [4.69, 9.17) is 0 Å². The molecule has 1 unspecified atom stereocenters. The molecule has 0 spiro atoms. The molecule has 2 heterocycles. The van der Waals surface area contributed by atoms with Crippen LogP contribution < -0.4 is 5.32 Å². The molecule has 0 fully saturated rings. The summed E-state index contributed by atoms with van der Waals surface area (Å²) in [4.78, 5) is 4.21. The van der Waals surface area contributed by atoms with Gasteiger partial charge in [0.15, 0.2) is 0 Å². The van der Waals surface area contributed by atoms with Gasteiger partial charge in [-0.2, -0.15) is 17.9 Å². The number of nitriles is 1. The van der Waals surface area contributed by atoms with Crippen LogP contribution in [0.3, 0.4) is 0 Å². The third-order valence-electron chi connectivity index (χ3n) is 3.18. The van der Waals surface area contributed by atoms with Gasteiger partial charge in [-0.3, -0.25) is 4.98 Å².